The number of carbonyl (C=O) groups is 3. The summed E-state index contributed by atoms with van der Waals surface area (Å²) >= 11 is 0. The van der Waals surface area contributed by atoms with E-state index in [1.54, 1.807) is 0 Å². The Morgan fingerprint density at radius 2 is 1.71 bits per heavy atom. The van der Waals surface area contributed by atoms with Gasteiger partial charge in [0, 0.05) is 18.9 Å². The van der Waals surface area contributed by atoms with Gasteiger partial charge in [0.25, 0.3) is 5.92 Å². The second-order valence-electron chi connectivity index (χ2n) is 9.07. The van der Waals surface area contributed by atoms with Crippen molar-refractivity contribution in [2.75, 3.05) is 19.7 Å². The van der Waals surface area contributed by atoms with Crippen molar-refractivity contribution in [2.45, 2.75) is 44.1 Å². The minimum atomic E-state index is -3.25. The molecule has 2 aromatic rings. The van der Waals surface area contributed by atoms with E-state index in [1.165, 1.54) is 0 Å². The first-order valence-electron chi connectivity index (χ1n) is 11.7. The molecule has 9 heteroatoms. The lowest BCUT2D eigenvalue weighted by atomic mass is 9.98. The number of carbonyl (C=O) groups excluding carboxylic acids is 2. The first-order chi connectivity index (χ1) is 16.7. The van der Waals surface area contributed by atoms with Crippen LogP contribution in [0.15, 0.2) is 48.5 Å². The third kappa shape index (κ3) is 5.13. The van der Waals surface area contributed by atoms with Crippen molar-refractivity contribution in [3.63, 3.8) is 0 Å². The molecule has 1 unspecified atom stereocenters. The average Bonchev–Trinajstić information content (AvgIpc) is 3.34. The molecule has 2 atom stereocenters. The molecule has 2 N–H and O–H groups in total. The van der Waals surface area contributed by atoms with Gasteiger partial charge >= 0.3 is 12.1 Å². The summed E-state index contributed by atoms with van der Waals surface area (Å²) in [4.78, 5) is 37.6. The molecule has 2 aliphatic rings. The van der Waals surface area contributed by atoms with Crippen LogP contribution in [0, 0.1) is 5.92 Å². The molecule has 0 radical (unpaired) electrons. The molecule has 1 aliphatic heterocycles. The Kier molecular flexibility index (Phi) is 7.05. The molecular weight excluding hydrogens is 458 g/mol. The number of alkyl carbamates (subject to hydrolysis) is 1. The number of halogens is 2. The van der Waals surface area contributed by atoms with Gasteiger partial charge in [0.15, 0.2) is 0 Å². The number of alkyl halides is 2. The number of amides is 2. The number of aliphatic carboxylic acids is 1. The number of nitrogens with one attached hydrogen (secondary N) is 1. The van der Waals surface area contributed by atoms with E-state index in [1.807, 2.05) is 55.5 Å². The van der Waals surface area contributed by atoms with E-state index in [0.29, 0.717) is 12.8 Å². The molecular formula is C26H28F2N2O5. The number of rotatable bonds is 8. The molecule has 0 saturated carbocycles. The molecule has 2 aromatic carbocycles. The van der Waals surface area contributed by atoms with Gasteiger partial charge in [-0.25, -0.2) is 18.4 Å². The van der Waals surface area contributed by atoms with Gasteiger partial charge in [-0.3, -0.25) is 4.79 Å². The molecule has 7 nitrogen and oxygen atoms in total. The molecule has 1 saturated heterocycles. The highest BCUT2D eigenvalue weighted by Gasteiger charge is 2.51. The highest BCUT2D eigenvalue weighted by atomic mass is 19.3. The summed E-state index contributed by atoms with van der Waals surface area (Å²) in [6.07, 6.45) is -0.753. The van der Waals surface area contributed by atoms with Crippen LogP contribution in [-0.4, -0.2) is 59.6 Å². The summed E-state index contributed by atoms with van der Waals surface area (Å²) < 4.78 is 33.2. The zero-order valence-electron chi connectivity index (χ0n) is 19.4. The summed E-state index contributed by atoms with van der Waals surface area (Å²) in [6, 6.07) is 14.3. The maximum Gasteiger partial charge on any atom is 0.407 e. The van der Waals surface area contributed by atoms with Crippen LogP contribution in [-0.2, 0) is 14.3 Å². The second kappa shape index (κ2) is 10.0. The predicted octanol–water partition coefficient (Wildman–Crippen LogP) is 4.26. The molecule has 1 aliphatic carbocycles. The largest absolute Gasteiger partial charge is 0.480 e. The molecule has 35 heavy (non-hydrogen) atoms. The Balaban J connectivity index is 1.37. The van der Waals surface area contributed by atoms with Crippen LogP contribution in [0.5, 0.6) is 0 Å². The number of benzene rings is 2. The van der Waals surface area contributed by atoms with Crippen LogP contribution in [0.25, 0.3) is 11.1 Å². The maximum absolute atomic E-state index is 13.8. The number of fused-ring (bicyclic) bond motifs is 3. The normalized spacial score (nSPS) is 19.1. The second-order valence-corrected chi connectivity index (χ2v) is 9.07. The van der Waals surface area contributed by atoms with Gasteiger partial charge in [0.05, 0.1) is 12.5 Å². The Bertz CT molecular complexity index is 1080. The van der Waals surface area contributed by atoms with Gasteiger partial charge < -0.3 is 20.1 Å². The van der Waals surface area contributed by atoms with E-state index in [4.69, 9.17) is 4.74 Å². The average molecular weight is 487 g/mol. The minimum Gasteiger partial charge on any atom is -0.480 e. The molecule has 1 fully saturated rings. The summed E-state index contributed by atoms with van der Waals surface area (Å²) in [5.41, 5.74) is 4.33. The third-order valence-corrected chi connectivity index (χ3v) is 6.66. The van der Waals surface area contributed by atoms with Crippen LogP contribution >= 0.6 is 0 Å². The van der Waals surface area contributed by atoms with Gasteiger partial charge in [0.1, 0.15) is 12.6 Å². The number of likely N-dealkylation sites (tertiary alicyclic amines) is 1. The van der Waals surface area contributed by atoms with E-state index in [2.05, 4.69) is 5.32 Å². The zero-order chi connectivity index (χ0) is 25.2. The van der Waals surface area contributed by atoms with Crippen molar-refractivity contribution in [1.82, 2.24) is 10.2 Å². The monoisotopic (exact) mass is 486 g/mol. The summed E-state index contributed by atoms with van der Waals surface area (Å²) in [5.74, 6) is -6.36. The predicted molar refractivity (Wildman–Crippen MR) is 124 cm³/mol. The van der Waals surface area contributed by atoms with Gasteiger partial charge in [-0.1, -0.05) is 61.9 Å². The van der Waals surface area contributed by atoms with E-state index >= 15 is 0 Å². The third-order valence-electron chi connectivity index (χ3n) is 6.66. The Hall–Kier alpha value is -3.49. The number of carboxylic acids is 1. The van der Waals surface area contributed by atoms with Gasteiger partial charge in [-0.05, 0) is 28.7 Å². The molecule has 0 bridgehead atoms. The number of hydrogen-bond acceptors (Lipinski definition) is 4. The van der Waals surface area contributed by atoms with E-state index in [0.717, 1.165) is 27.2 Å². The van der Waals surface area contributed by atoms with Crippen LogP contribution in [0.2, 0.25) is 0 Å². The molecule has 0 aromatic heterocycles. The fraction of sp³-hybridized carbons (Fsp3) is 0.423. The number of nitrogens with zero attached hydrogens (tertiary/aromatic N) is 1. The number of ether oxygens (including phenoxy) is 1. The van der Waals surface area contributed by atoms with Crippen molar-refractivity contribution in [2.24, 2.45) is 5.92 Å². The number of carboxylic acid groups (broad SMARTS) is 1. The summed E-state index contributed by atoms with van der Waals surface area (Å²) in [7, 11) is 0. The quantitative estimate of drug-likeness (QED) is 0.581. The fourth-order valence-corrected chi connectivity index (χ4v) is 5.02. The first kappa shape index (κ1) is 24.6. The molecule has 2 amide bonds. The lowest BCUT2D eigenvalue weighted by molar-refractivity contribution is -0.150. The van der Waals surface area contributed by atoms with E-state index in [-0.39, 0.29) is 19.1 Å². The highest BCUT2D eigenvalue weighted by molar-refractivity contribution is 5.86. The SMILES string of the molecule is CCCC(CNC(=O)OCC1c2ccccc2-c2ccccc21)C(=O)N1CC(F)(F)C[C@@H]1C(=O)O. The lowest BCUT2D eigenvalue weighted by Crippen LogP contribution is -2.46. The van der Waals surface area contributed by atoms with Crippen molar-refractivity contribution >= 4 is 18.0 Å². The molecule has 4 rings (SSSR count). The van der Waals surface area contributed by atoms with Crippen molar-refractivity contribution in [1.29, 1.82) is 0 Å². The topological polar surface area (TPSA) is 95.9 Å². The smallest absolute Gasteiger partial charge is 0.407 e. The standard InChI is InChI=1S/C26H28F2N2O5/c1-2-7-16(23(31)30-15-26(27,28)12-22(30)24(32)33)13-29-25(34)35-14-21-19-10-5-3-8-17(19)18-9-4-6-11-20(18)21/h3-6,8-11,16,21-22H,2,7,12-15H2,1H3,(H,29,34)(H,32,33)/t16?,22-/m1/s1. The highest BCUT2D eigenvalue weighted by Crippen LogP contribution is 2.44. The van der Waals surface area contributed by atoms with Crippen LogP contribution in [0.4, 0.5) is 13.6 Å². The Morgan fingerprint density at radius 1 is 1.11 bits per heavy atom. The number of hydrogen-bond donors (Lipinski definition) is 2. The first-order valence-corrected chi connectivity index (χ1v) is 11.7. The summed E-state index contributed by atoms with van der Waals surface area (Å²) in [5, 5.41) is 11.9. The fourth-order valence-electron chi connectivity index (χ4n) is 5.02. The lowest BCUT2D eigenvalue weighted by Gasteiger charge is -2.26. The zero-order valence-corrected chi connectivity index (χ0v) is 19.4. The molecule has 1 heterocycles. The summed E-state index contributed by atoms with van der Waals surface area (Å²) in [6.45, 7) is 0.859. The van der Waals surface area contributed by atoms with Gasteiger partial charge in [0.2, 0.25) is 5.91 Å². The van der Waals surface area contributed by atoms with Crippen LogP contribution in [0.1, 0.15) is 43.2 Å². The Morgan fingerprint density at radius 3 is 2.29 bits per heavy atom. The minimum absolute atomic E-state index is 0.103. The van der Waals surface area contributed by atoms with Crippen molar-refractivity contribution < 1.29 is 33.0 Å². The van der Waals surface area contributed by atoms with E-state index < -0.39 is 48.8 Å². The van der Waals surface area contributed by atoms with Crippen molar-refractivity contribution in [3.8, 4) is 11.1 Å². The van der Waals surface area contributed by atoms with E-state index in [9.17, 15) is 28.3 Å². The van der Waals surface area contributed by atoms with Gasteiger partial charge in [-0.15, -0.1) is 0 Å². The molecule has 0 spiro atoms. The van der Waals surface area contributed by atoms with Gasteiger partial charge in [-0.2, -0.15) is 0 Å². The van der Waals surface area contributed by atoms with Crippen molar-refractivity contribution in [3.05, 3.63) is 59.7 Å². The molecule has 186 valence electrons. The maximum atomic E-state index is 13.8. The van der Waals surface area contributed by atoms with Crippen LogP contribution in [0.3, 0.4) is 0 Å². The Labute approximate surface area is 202 Å². The van der Waals surface area contributed by atoms with Crippen LogP contribution < -0.4 is 5.32 Å².